The first-order chi connectivity index (χ1) is 13.7. The van der Waals surface area contributed by atoms with E-state index in [1.807, 2.05) is 10.6 Å². The number of hydrogen-bond donors (Lipinski definition) is 0. The van der Waals surface area contributed by atoms with Crippen LogP contribution in [0.25, 0.3) is 0 Å². The zero-order valence-electron chi connectivity index (χ0n) is 16.0. The van der Waals surface area contributed by atoms with Gasteiger partial charge in [0.25, 0.3) is 5.56 Å². The summed E-state index contributed by atoms with van der Waals surface area (Å²) in [5.74, 6) is 1.70. The Morgan fingerprint density at radius 1 is 1.11 bits per heavy atom. The molecule has 2 atom stereocenters. The molecule has 3 aliphatic rings. The highest BCUT2D eigenvalue weighted by molar-refractivity contribution is 5.79. The lowest BCUT2D eigenvalue weighted by Gasteiger charge is -2.44. The molecule has 2 aromatic heterocycles. The first-order valence-corrected chi connectivity index (χ1v) is 10.4. The molecule has 0 aromatic carbocycles. The zero-order chi connectivity index (χ0) is 19.1. The first kappa shape index (κ1) is 17.6. The molecule has 8 heteroatoms. The molecule has 0 N–H and O–H groups in total. The van der Waals surface area contributed by atoms with Crippen molar-refractivity contribution >= 4 is 5.91 Å². The lowest BCUT2D eigenvalue weighted by atomic mass is 9.79. The highest BCUT2D eigenvalue weighted by atomic mass is 16.2. The Bertz CT molecular complexity index is 900. The first-order valence-electron chi connectivity index (χ1n) is 10.4. The third kappa shape index (κ3) is 3.25. The lowest BCUT2D eigenvalue weighted by Crippen LogP contribution is -2.50. The summed E-state index contributed by atoms with van der Waals surface area (Å²) in [6.45, 7) is 3.13. The number of amides is 1. The monoisotopic (exact) mass is 382 g/mol. The van der Waals surface area contributed by atoms with Crippen LogP contribution in [0.4, 0.5) is 0 Å². The van der Waals surface area contributed by atoms with Gasteiger partial charge in [-0.05, 0) is 60.4 Å². The fraction of sp³-hybridized carbons (Fsp3) is 0.650. The van der Waals surface area contributed by atoms with Gasteiger partial charge in [-0.25, -0.2) is 4.68 Å². The molecular formula is C20H26N6O2. The van der Waals surface area contributed by atoms with Gasteiger partial charge in [-0.15, -0.1) is 5.10 Å². The molecule has 0 radical (unpaired) electrons. The van der Waals surface area contributed by atoms with Crippen LogP contribution in [0.1, 0.15) is 43.7 Å². The van der Waals surface area contributed by atoms with Crippen molar-refractivity contribution in [1.29, 1.82) is 0 Å². The minimum absolute atomic E-state index is 0.0906. The number of aromatic nitrogens is 5. The van der Waals surface area contributed by atoms with Crippen molar-refractivity contribution in [2.45, 2.75) is 51.1 Å². The topological polar surface area (TPSA) is 85.9 Å². The quantitative estimate of drug-likeness (QED) is 0.798. The van der Waals surface area contributed by atoms with E-state index in [2.05, 4.69) is 26.5 Å². The minimum atomic E-state index is 0.0906. The van der Waals surface area contributed by atoms with E-state index in [1.165, 1.54) is 0 Å². The molecule has 5 rings (SSSR count). The Labute approximate surface area is 163 Å². The predicted molar refractivity (Wildman–Crippen MR) is 101 cm³/mol. The SMILES string of the molecule is O=C(C1CCC(Cn2cnnn2)CC1)N1CC2CC(C1)c1cccc(=O)n1C2. The van der Waals surface area contributed by atoms with E-state index in [0.717, 1.165) is 64.0 Å². The van der Waals surface area contributed by atoms with E-state index < -0.39 is 0 Å². The fourth-order valence-electron chi connectivity index (χ4n) is 5.46. The molecule has 2 fully saturated rings. The second kappa shape index (κ2) is 7.14. The summed E-state index contributed by atoms with van der Waals surface area (Å²) in [5.41, 5.74) is 1.19. The molecule has 2 aliphatic heterocycles. The molecule has 2 unspecified atom stereocenters. The minimum Gasteiger partial charge on any atom is -0.341 e. The average molecular weight is 382 g/mol. The highest BCUT2D eigenvalue weighted by Crippen LogP contribution is 2.37. The fourth-order valence-corrected chi connectivity index (χ4v) is 5.46. The van der Waals surface area contributed by atoms with Gasteiger partial charge >= 0.3 is 0 Å². The van der Waals surface area contributed by atoms with Crippen LogP contribution >= 0.6 is 0 Å². The molecule has 1 saturated heterocycles. The number of carbonyl (C=O) groups is 1. The van der Waals surface area contributed by atoms with Gasteiger partial charge in [0.1, 0.15) is 6.33 Å². The molecule has 2 aromatic rings. The van der Waals surface area contributed by atoms with E-state index in [1.54, 1.807) is 17.1 Å². The number of rotatable bonds is 3. The van der Waals surface area contributed by atoms with E-state index in [-0.39, 0.29) is 11.5 Å². The third-order valence-corrected chi connectivity index (χ3v) is 6.82. The molecule has 28 heavy (non-hydrogen) atoms. The molecule has 0 spiro atoms. The van der Waals surface area contributed by atoms with Crippen LogP contribution in [-0.2, 0) is 17.9 Å². The summed E-state index contributed by atoms with van der Waals surface area (Å²) in [7, 11) is 0. The molecule has 2 bridgehead atoms. The third-order valence-electron chi connectivity index (χ3n) is 6.82. The Hall–Kier alpha value is -2.51. The summed E-state index contributed by atoms with van der Waals surface area (Å²) in [6, 6.07) is 5.54. The highest BCUT2D eigenvalue weighted by Gasteiger charge is 2.38. The van der Waals surface area contributed by atoms with Gasteiger partial charge in [0.2, 0.25) is 5.91 Å². The Morgan fingerprint density at radius 2 is 1.96 bits per heavy atom. The van der Waals surface area contributed by atoms with Crippen LogP contribution in [0.5, 0.6) is 0 Å². The van der Waals surface area contributed by atoms with E-state index in [0.29, 0.717) is 23.7 Å². The Balaban J connectivity index is 1.22. The van der Waals surface area contributed by atoms with Gasteiger partial charge in [0.15, 0.2) is 0 Å². The number of piperidine rings is 1. The lowest BCUT2D eigenvalue weighted by molar-refractivity contribution is -0.139. The largest absolute Gasteiger partial charge is 0.341 e. The normalized spacial score (nSPS) is 29.4. The van der Waals surface area contributed by atoms with Gasteiger partial charge < -0.3 is 9.47 Å². The second-order valence-electron chi connectivity index (χ2n) is 8.69. The summed E-state index contributed by atoms with van der Waals surface area (Å²) in [4.78, 5) is 27.5. The van der Waals surface area contributed by atoms with Crippen molar-refractivity contribution in [3.63, 3.8) is 0 Å². The van der Waals surface area contributed by atoms with Crippen molar-refractivity contribution in [2.75, 3.05) is 13.1 Å². The standard InChI is InChI=1S/C20H26N6O2/c27-19-3-1-2-18-17-8-15(11-26(18)19)9-24(12-17)20(28)16-6-4-14(5-7-16)10-25-13-21-22-23-25/h1-3,13-17H,4-12H2. The van der Waals surface area contributed by atoms with Crippen molar-refractivity contribution in [2.24, 2.45) is 17.8 Å². The zero-order valence-corrected chi connectivity index (χ0v) is 16.0. The summed E-state index contributed by atoms with van der Waals surface area (Å²) < 4.78 is 3.71. The van der Waals surface area contributed by atoms with Gasteiger partial charge in [-0.2, -0.15) is 0 Å². The number of fused-ring (bicyclic) bond motifs is 4. The van der Waals surface area contributed by atoms with Gasteiger partial charge in [0.05, 0.1) is 0 Å². The second-order valence-corrected chi connectivity index (χ2v) is 8.69. The number of likely N-dealkylation sites (tertiary alicyclic amines) is 1. The van der Waals surface area contributed by atoms with Crippen molar-refractivity contribution in [3.8, 4) is 0 Å². The maximum atomic E-state index is 13.2. The van der Waals surface area contributed by atoms with E-state index >= 15 is 0 Å². The number of nitrogens with zero attached hydrogens (tertiary/aromatic N) is 6. The number of tetrazole rings is 1. The molecule has 1 amide bonds. The summed E-state index contributed by atoms with van der Waals surface area (Å²) in [6.07, 6.45) is 6.75. The summed E-state index contributed by atoms with van der Waals surface area (Å²) >= 11 is 0. The predicted octanol–water partition coefficient (Wildman–Crippen LogP) is 1.29. The Morgan fingerprint density at radius 3 is 2.75 bits per heavy atom. The molecule has 1 saturated carbocycles. The number of carbonyl (C=O) groups excluding carboxylic acids is 1. The van der Waals surface area contributed by atoms with Gasteiger partial charge in [0, 0.05) is 49.8 Å². The van der Waals surface area contributed by atoms with Crippen LogP contribution in [-0.4, -0.2) is 48.7 Å². The Kier molecular flexibility index (Phi) is 4.49. The van der Waals surface area contributed by atoms with Crippen molar-refractivity contribution in [3.05, 3.63) is 40.6 Å². The van der Waals surface area contributed by atoms with Crippen LogP contribution in [0.15, 0.2) is 29.3 Å². The van der Waals surface area contributed by atoms with Crippen LogP contribution in [0.2, 0.25) is 0 Å². The molecule has 8 nitrogen and oxygen atoms in total. The summed E-state index contributed by atoms with van der Waals surface area (Å²) in [5, 5.41) is 11.3. The molecular weight excluding hydrogens is 356 g/mol. The van der Waals surface area contributed by atoms with Crippen molar-refractivity contribution < 1.29 is 4.79 Å². The molecule has 1 aliphatic carbocycles. The van der Waals surface area contributed by atoms with Gasteiger partial charge in [-0.3, -0.25) is 9.59 Å². The average Bonchev–Trinajstić information content (AvgIpc) is 3.22. The van der Waals surface area contributed by atoms with Crippen LogP contribution in [0, 0.1) is 17.8 Å². The van der Waals surface area contributed by atoms with E-state index in [9.17, 15) is 9.59 Å². The van der Waals surface area contributed by atoms with Gasteiger partial charge in [-0.1, -0.05) is 6.07 Å². The van der Waals surface area contributed by atoms with Crippen LogP contribution < -0.4 is 5.56 Å². The smallest absolute Gasteiger partial charge is 0.250 e. The molecule has 148 valence electrons. The van der Waals surface area contributed by atoms with Crippen LogP contribution in [0.3, 0.4) is 0 Å². The van der Waals surface area contributed by atoms with E-state index in [4.69, 9.17) is 0 Å². The van der Waals surface area contributed by atoms with Crippen molar-refractivity contribution in [1.82, 2.24) is 29.7 Å². The maximum absolute atomic E-state index is 13.2. The maximum Gasteiger partial charge on any atom is 0.250 e. The number of pyridine rings is 1. The number of hydrogen-bond acceptors (Lipinski definition) is 5. The molecule has 4 heterocycles.